The van der Waals surface area contributed by atoms with Crippen molar-refractivity contribution in [2.45, 2.75) is 43.1 Å². The monoisotopic (exact) mass is 459 g/mol. The van der Waals surface area contributed by atoms with Crippen LogP contribution in [0.4, 0.5) is 5.69 Å². The molecule has 0 bridgehead atoms. The molecule has 0 radical (unpaired) electrons. The van der Waals surface area contributed by atoms with E-state index in [1.807, 2.05) is 12.1 Å². The van der Waals surface area contributed by atoms with E-state index in [0.717, 1.165) is 5.56 Å². The van der Waals surface area contributed by atoms with Crippen molar-refractivity contribution >= 4 is 11.6 Å². The lowest BCUT2D eigenvalue weighted by atomic mass is 9.81. The van der Waals surface area contributed by atoms with Gasteiger partial charge < -0.3 is 31.1 Å². The number of aliphatic hydroxyl groups is 2. The number of aliphatic hydroxyl groups excluding tert-OH is 1. The lowest BCUT2D eigenvalue weighted by Crippen LogP contribution is -2.59. The van der Waals surface area contributed by atoms with E-state index in [1.54, 1.807) is 24.3 Å². The van der Waals surface area contributed by atoms with Crippen LogP contribution >= 0.6 is 0 Å². The summed E-state index contributed by atoms with van der Waals surface area (Å²) in [6.45, 7) is 2.17. The van der Waals surface area contributed by atoms with Crippen molar-refractivity contribution in [1.29, 1.82) is 0 Å². The number of carbonyl (C=O) groups excluding carboxylic acids is 1. The number of aromatic nitrogens is 1. The number of nitrogens with one attached hydrogen (secondary N) is 1. The highest BCUT2D eigenvalue weighted by atomic mass is 16.6. The van der Waals surface area contributed by atoms with Gasteiger partial charge in [0, 0.05) is 28.4 Å². The van der Waals surface area contributed by atoms with Gasteiger partial charge in [-0.3, -0.25) is 4.79 Å². The van der Waals surface area contributed by atoms with Crippen LogP contribution in [-0.2, 0) is 11.3 Å². The molecule has 2 aromatic carbocycles. The summed E-state index contributed by atoms with van der Waals surface area (Å²) in [5, 5.41) is 36.2. The van der Waals surface area contributed by atoms with E-state index in [1.165, 1.54) is 31.0 Å². The fourth-order valence-electron chi connectivity index (χ4n) is 5.54. The first-order valence-corrected chi connectivity index (χ1v) is 11.4. The van der Waals surface area contributed by atoms with Crippen LogP contribution in [0, 0.1) is 5.92 Å². The molecule has 1 aromatic heterocycles. The van der Waals surface area contributed by atoms with E-state index in [-0.39, 0.29) is 22.8 Å². The Kier molecular flexibility index (Phi) is 4.28. The van der Waals surface area contributed by atoms with Crippen molar-refractivity contribution in [2.75, 3.05) is 5.73 Å². The summed E-state index contributed by atoms with van der Waals surface area (Å²) in [4.78, 5) is 17.2. The number of nitrogens with zero attached hydrogens (tertiary/aromatic N) is 1. The second-order valence-electron chi connectivity index (χ2n) is 9.48. The number of nitrogen functional groups attached to an aromatic ring is 1. The molecule has 2 heterocycles. The maximum atomic E-state index is 13.3. The number of anilines is 1. The van der Waals surface area contributed by atoms with Crippen LogP contribution in [0.2, 0.25) is 0 Å². The average Bonchev–Trinajstić information content (AvgIpc) is 3.60. The van der Waals surface area contributed by atoms with E-state index in [0.29, 0.717) is 28.7 Å². The fraction of sp³-hybridized carbons (Fsp3) is 0.308. The fourth-order valence-corrected chi connectivity index (χ4v) is 5.54. The molecule has 1 fully saturated rings. The Morgan fingerprint density at radius 3 is 2.68 bits per heavy atom. The molecular formula is C26H25N3O5. The predicted octanol–water partition coefficient (Wildman–Crippen LogP) is 2.79. The minimum absolute atomic E-state index is 0.0692. The summed E-state index contributed by atoms with van der Waals surface area (Å²) >= 11 is 0. The van der Waals surface area contributed by atoms with Crippen LogP contribution in [-0.4, -0.2) is 26.2 Å². The molecule has 8 nitrogen and oxygen atoms in total. The first-order valence-electron chi connectivity index (χ1n) is 11.4. The summed E-state index contributed by atoms with van der Waals surface area (Å²) in [7, 11) is 0. The smallest absolute Gasteiger partial charge is 0.271 e. The highest BCUT2D eigenvalue weighted by Gasteiger charge is 2.71. The Balaban J connectivity index is 1.52. The SMILES string of the molecule is C[C@H](c1ccc2c(c1)O[C@]1(O)c3cccc(N)c3C(O)[C@]21NC(=O)c1cccc(O)n1)C1CC1. The molecule has 8 heteroatoms. The summed E-state index contributed by atoms with van der Waals surface area (Å²) in [6.07, 6.45) is 0.972. The topological polar surface area (TPSA) is 138 Å². The van der Waals surface area contributed by atoms with E-state index < -0.39 is 23.3 Å². The maximum absolute atomic E-state index is 13.3. The van der Waals surface area contributed by atoms with Gasteiger partial charge in [-0.25, -0.2) is 4.98 Å². The molecule has 34 heavy (non-hydrogen) atoms. The van der Waals surface area contributed by atoms with E-state index >= 15 is 0 Å². The third kappa shape index (κ3) is 2.66. The molecule has 1 aliphatic heterocycles. The zero-order chi connectivity index (χ0) is 23.8. The summed E-state index contributed by atoms with van der Waals surface area (Å²) < 4.78 is 6.18. The van der Waals surface area contributed by atoms with Crippen molar-refractivity contribution in [2.24, 2.45) is 5.92 Å². The number of fused-ring (bicyclic) bond motifs is 5. The number of ether oxygens (including phenoxy) is 1. The largest absolute Gasteiger partial charge is 0.493 e. The van der Waals surface area contributed by atoms with Crippen molar-refractivity contribution in [3.8, 4) is 11.6 Å². The minimum Gasteiger partial charge on any atom is -0.493 e. The van der Waals surface area contributed by atoms with Gasteiger partial charge in [0.25, 0.3) is 11.7 Å². The first kappa shape index (κ1) is 20.9. The molecule has 1 amide bonds. The van der Waals surface area contributed by atoms with Gasteiger partial charge >= 0.3 is 0 Å². The average molecular weight is 460 g/mol. The van der Waals surface area contributed by atoms with E-state index in [9.17, 15) is 20.1 Å². The number of hydrogen-bond donors (Lipinski definition) is 5. The number of amides is 1. The Hall–Kier alpha value is -3.62. The van der Waals surface area contributed by atoms with Gasteiger partial charge in [0.2, 0.25) is 5.88 Å². The third-order valence-corrected chi connectivity index (χ3v) is 7.54. The summed E-state index contributed by atoms with van der Waals surface area (Å²) in [5.74, 6) is -1.76. The van der Waals surface area contributed by atoms with Gasteiger partial charge in [0.1, 0.15) is 17.5 Å². The Labute approximate surface area is 196 Å². The molecule has 3 aromatic rings. The molecule has 6 N–H and O–H groups in total. The van der Waals surface area contributed by atoms with E-state index in [4.69, 9.17) is 10.5 Å². The van der Waals surface area contributed by atoms with Gasteiger partial charge in [0.15, 0.2) is 5.54 Å². The molecule has 1 saturated carbocycles. The van der Waals surface area contributed by atoms with Gasteiger partial charge in [0.05, 0.1) is 0 Å². The molecule has 3 aliphatic rings. The number of hydrogen-bond acceptors (Lipinski definition) is 7. The molecule has 1 unspecified atom stereocenters. The van der Waals surface area contributed by atoms with Crippen molar-refractivity contribution in [1.82, 2.24) is 10.3 Å². The first-order chi connectivity index (χ1) is 16.3. The quantitative estimate of drug-likeness (QED) is 0.378. The highest BCUT2D eigenvalue weighted by Crippen LogP contribution is 2.64. The van der Waals surface area contributed by atoms with Gasteiger partial charge in [-0.2, -0.15) is 0 Å². The standard InChI is InChI=1S/C26H25N3O5/c1-13(14-8-9-14)15-10-11-16-20(12-15)34-26(33)17-4-2-5-18(27)22(17)23(31)25(16,26)29-24(32)19-6-3-7-21(30)28-19/h2-7,10-14,23,31,33H,8-9,27H2,1H3,(H,28,30)(H,29,32)/t13-,23?,25+,26+/m0/s1. The molecule has 2 aliphatic carbocycles. The number of pyridine rings is 1. The van der Waals surface area contributed by atoms with Crippen molar-refractivity contribution < 1.29 is 24.9 Å². The second kappa shape index (κ2) is 6.94. The number of aromatic hydroxyl groups is 1. The number of rotatable bonds is 4. The maximum Gasteiger partial charge on any atom is 0.271 e. The van der Waals surface area contributed by atoms with Crippen molar-refractivity contribution in [3.63, 3.8) is 0 Å². The van der Waals surface area contributed by atoms with Crippen molar-refractivity contribution in [3.05, 3.63) is 82.5 Å². The van der Waals surface area contributed by atoms with Gasteiger partial charge in [-0.15, -0.1) is 0 Å². The number of carbonyl (C=O) groups is 1. The Bertz CT molecular complexity index is 1340. The Morgan fingerprint density at radius 1 is 1.18 bits per heavy atom. The summed E-state index contributed by atoms with van der Waals surface area (Å²) in [6, 6.07) is 14.8. The van der Waals surface area contributed by atoms with Crippen LogP contribution in [0.1, 0.15) is 64.5 Å². The molecule has 0 saturated heterocycles. The lowest BCUT2D eigenvalue weighted by Gasteiger charge is -2.38. The van der Waals surface area contributed by atoms with Gasteiger partial charge in [-0.1, -0.05) is 37.3 Å². The molecule has 174 valence electrons. The third-order valence-electron chi connectivity index (χ3n) is 7.54. The van der Waals surface area contributed by atoms with Crippen LogP contribution in [0.5, 0.6) is 11.6 Å². The predicted molar refractivity (Wildman–Crippen MR) is 123 cm³/mol. The van der Waals surface area contributed by atoms with Crippen LogP contribution < -0.4 is 15.8 Å². The summed E-state index contributed by atoms with van der Waals surface area (Å²) in [5.41, 5.74) is 6.73. The minimum atomic E-state index is -2.10. The molecule has 6 rings (SSSR count). The number of nitrogens with two attached hydrogens (primary N) is 1. The normalized spacial score (nSPS) is 27.3. The zero-order valence-corrected chi connectivity index (χ0v) is 18.5. The second-order valence-corrected chi connectivity index (χ2v) is 9.48. The molecular weight excluding hydrogens is 434 g/mol. The molecule has 4 atom stereocenters. The van der Waals surface area contributed by atoms with Crippen LogP contribution in [0.15, 0.2) is 54.6 Å². The lowest BCUT2D eigenvalue weighted by molar-refractivity contribution is -0.201. The van der Waals surface area contributed by atoms with Crippen LogP contribution in [0.3, 0.4) is 0 Å². The highest BCUT2D eigenvalue weighted by molar-refractivity contribution is 5.93. The van der Waals surface area contributed by atoms with E-state index in [2.05, 4.69) is 17.2 Å². The van der Waals surface area contributed by atoms with Gasteiger partial charge in [-0.05, 0) is 48.4 Å². The number of benzene rings is 2. The van der Waals surface area contributed by atoms with Crippen LogP contribution in [0.25, 0.3) is 0 Å². The Morgan fingerprint density at radius 2 is 1.94 bits per heavy atom. The molecule has 0 spiro atoms. The zero-order valence-electron chi connectivity index (χ0n) is 18.5.